The van der Waals surface area contributed by atoms with Gasteiger partial charge < -0.3 is 25.5 Å². The third kappa shape index (κ3) is 2.75. The molecule has 0 rings (SSSR count). The van der Waals surface area contributed by atoms with Crippen molar-refractivity contribution in [2.75, 3.05) is 6.61 Å². The molecule has 0 bridgehead atoms. The Kier molecular flexibility index (Phi) is 4.71. The second-order valence-corrected chi connectivity index (χ2v) is 5.46. The minimum absolute atomic E-state index is 1.49. The van der Waals surface area contributed by atoms with Crippen molar-refractivity contribution < 1.29 is 55.0 Å². The molecule has 4 atom stereocenters. The van der Waals surface area contributed by atoms with Crippen LogP contribution in [0, 0.1) is 0 Å². The van der Waals surface area contributed by atoms with Crippen molar-refractivity contribution in [2.24, 2.45) is 0 Å². The van der Waals surface area contributed by atoms with E-state index in [0.717, 1.165) is 0 Å². The number of rotatable bonds is 9. The second kappa shape index (κ2) is 6.98. The average molecular weight is 387 g/mol. The predicted octanol–water partition coefficient (Wildman–Crippen LogP) is -2.98. The van der Waals surface area contributed by atoms with Gasteiger partial charge in [0.2, 0.25) is 16.8 Å². The quantitative estimate of drug-likeness (QED) is 0.202. The zero-order valence-electron chi connectivity index (χ0n) is 16.7. The van der Waals surface area contributed by atoms with Crippen molar-refractivity contribution in [3.8, 4) is 0 Å². The molecule has 0 heterocycles. The molecule has 142 valence electrons. The highest BCUT2D eigenvalue weighted by Crippen LogP contribution is 2.43. The number of aliphatic hydroxyl groups is 5. The largest absolute Gasteiger partial charge is 0.393 e. The lowest BCUT2D eigenvalue weighted by molar-refractivity contribution is -0.263. The van der Waals surface area contributed by atoms with Crippen LogP contribution < -0.4 is 0 Å². The number of ketones is 4. The molecule has 0 aliphatic rings. The topological polar surface area (TPSA) is 186 Å². The standard InChI is InChI=1S/C14H19ClO10/c1-6(17)11(22,5-16)13(24,8(3)19)14(25,9(4)20)12(23,7(2)18)10(15)21/h16,22-25H,5H2,1-4H3/t11-,12-,13+,14+/m0/s1/i1D,2D,3D,4D. The maximum Gasteiger partial charge on any atom is 0.264 e. The van der Waals surface area contributed by atoms with Crippen molar-refractivity contribution in [2.45, 2.75) is 50.0 Å². The van der Waals surface area contributed by atoms with Gasteiger partial charge in [-0.15, -0.1) is 0 Å². The first-order valence-electron chi connectivity index (χ1n) is 9.02. The van der Waals surface area contributed by atoms with Crippen LogP contribution in [-0.2, 0) is 24.0 Å². The van der Waals surface area contributed by atoms with Gasteiger partial charge in [0.1, 0.15) is 0 Å². The van der Waals surface area contributed by atoms with Gasteiger partial charge in [-0.3, -0.25) is 24.0 Å². The Morgan fingerprint density at radius 1 is 0.800 bits per heavy atom. The fourth-order valence-electron chi connectivity index (χ4n) is 2.25. The SMILES string of the molecule is [2H]CC(=O)[C@](O)(C(=O)Cl)[C@](O)(C(=O)C[2H])[C@@](O)(C(=O)C[2H])[C@](O)(CO)C(=O)C[2H]. The summed E-state index contributed by atoms with van der Waals surface area (Å²) in [5.41, 5.74) is -17.5. The van der Waals surface area contributed by atoms with Crippen LogP contribution >= 0.6 is 11.6 Å². The summed E-state index contributed by atoms with van der Waals surface area (Å²) in [7, 11) is 0. The summed E-state index contributed by atoms with van der Waals surface area (Å²) in [6, 6.07) is 0. The molecule has 10 nitrogen and oxygen atoms in total. The number of Topliss-reactive ketones (excluding diaryl/α,β-unsaturated/α-hetero) is 4. The molecule has 5 N–H and O–H groups in total. The number of halogens is 1. The third-order valence-electron chi connectivity index (χ3n) is 3.83. The monoisotopic (exact) mass is 386 g/mol. The maximum atomic E-state index is 12.4. The van der Waals surface area contributed by atoms with Gasteiger partial charge in [-0.25, -0.2) is 0 Å². The highest BCUT2D eigenvalue weighted by atomic mass is 35.5. The van der Waals surface area contributed by atoms with Gasteiger partial charge in [0.15, 0.2) is 28.7 Å². The van der Waals surface area contributed by atoms with Crippen LogP contribution in [0.4, 0.5) is 0 Å². The molecule has 0 aromatic heterocycles. The normalized spacial score (nSPS) is 23.1. The second-order valence-electron chi connectivity index (χ2n) is 5.12. The minimum Gasteiger partial charge on any atom is -0.393 e. The molecule has 0 aromatic carbocycles. The third-order valence-corrected chi connectivity index (χ3v) is 4.10. The Morgan fingerprint density at radius 2 is 1.20 bits per heavy atom. The predicted molar refractivity (Wildman–Crippen MR) is 80.5 cm³/mol. The van der Waals surface area contributed by atoms with E-state index in [0.29, 0.717) is 0 Å². The minimum atomic E-state index is -4.60. The first-order valence-corrected chi connectivity index (χ1v) is 6.57. The van der Waals surface area contributed by atoms with Crippen LogP contribution in [0.1, 0.15) is 33.1 Å². The fourth-order valence-corrected chi connectivity index (χ4v) is 2.50. The molecule has 11 heteroatoms. The molecule has 25 heavy (non-hydrogen) atoms. The number of hydrogen-bond acceptors (Lipinski definition) is 10. The van der Waals surface area contributed by atoms with Crippen molar-refractivity contribution in [1.29, 1.82) is 0 Å². The van der Waals surface area contributed by atoms with E-state index in [1.165, 1.54) is 0 Å². The van der Waals surface area contributed by atoms with Gasteiger partial charge in [-0.05, 0) is 39.2 Å². The van der Waals surface area contributed by atoms with Crippen LogP contribution in [0.2, 0.25) is 0 Å². The fraction of sp³-hybridized carbons (Fsp3) is 0.643. The van der Waals surface area contributed by atoms with E-state index in [9.17, 15) is 49.5 Å². The van der Waals surface area contributed by atoms with Crippen LogP contribution in [0.3, 0.4) is 0 Å². The molecule has 0 fully saturated rings. The Morgan fingerprint density at radius 3 is 1.52 bits per heavy atom. The molecule has 0 radical (unpaired) electrons. The van der Waals surface area contributed by atoms with Gasteiger partial charge in [-0.1, -0.05) is 0 Å². The summed E-state index contributed by atoms with van der Waals surface area (Å²) in [5.74, 6) is -8.38. The lowest BCUT2D eigenvalue weighted by atomic mass is 9.58. The summed E-state index contributed by atoms with van der Waals surface area (Å²) in [6.45, 7) is -8.41. The molecule has 0 aliphatic carbocycles. The van der Waals surface area contributed by atoms with Crippen molar-refractivity contribution >= 4 is 40.0 Å². The first-order chi connectivity index (χ1) is 13.2. The van der Waals surface area contributed by atoms with Gasteiger partial charge in [0.05, 0.1) is 6.61 Å². The zero-order chi connectivity index (χ0) is 23.4. The molecule has 0 saturated heterocycles. The van der Waals surface area contributed by atoms with E-state index < -0.39 is 85.0 Å². The maximum absolute atomic E-state index is 12.4. The van der Waals surface area contributed by atoms with Crippen molar-refractivity contribution in [1.82, 2.24) is 0 Å². The smallest absolute Gasteiger partial charge is 0.264 e. The average Bonchev–Trinajstić information content (AvgIpc) is 2.73. The van der Waals surface area contributed by atoms with Gasteiger partial charge >= 0.3 is 0 Å². The lowest BCUT2D eigenvalue weighted by Gasteiger charge is -2.51. The first kappa shape index (κ1) is 16.9. The van der Waals surface area contributed by atoms with Crippen LogP contribution in [0.15, 0.2) is 0 Å². The highest BCUT2D eigenvalue weighted by molar-refractivity contribution is 6.68. The Bertz CT molecular complexity index is 721. The summed E-state index contributed by atoms with van der Waals surface area (Å²) in [6.07, 6.45) is 0. The van der Waals surface area contributed by atoms with Gasteiger partial charge in [0, 0.05) is 5.48 Å². The summed E-state index contributed by atoms with van der Waals surface area (Å²) in [5, 5.41) is 50.0. The molecular formula is C14H19ClO10. The summed E-state index contributed by atoms with van der Waals surface area (Å²) < 4.78 is 28.2. The van der Waals surface area contributed by atoms with Gasteiger partial charge in [-0.2, -0.15) is 0 Å². The molecule has 0 unspecified atom stereocenters. The van der Waals surface area contributed by atoms with E-state index in [-0.39, 0.29) is 0 Å². The molecule has 0 saturated carbocycles. The lowest BCUT2D eigenvalue weighted by Crippen LogP contribution is -2.85. The number of carbonyl (C=O) groups is 5. The van der Waals surface area contributed by atoms with E-state index in [1.807, 2.05) is 0 Å². The summed E-state index contributed by atoms with van der Waals surface area (Å²) >= 11 is 5.10. The molecule has 0 spiro atoms. The Balaban J connectivity index is 7.75. The van der Waals surface area contributed by atoms with Gasteiger partial charge in [0.25, 0.3) is 5.24 Å². The van der Waals surface area contributed by atoms with Crippen LogP contribution in [0.25, 0.3) is 0 Å². The Hall–Kier alpha value is -1.56. The van der Waals surface area contributed by atoms with E-state index in [1.54, 1.807) is 0 Å². The Labute approximate surface area is 152 Å². The summed E-state index contributed by atoms with van der Waals surface area (Å²) in [4.78, 5) is 60.8. The van der Waals surface area contributed by atoms with E-state index >= 15 is 0 Å². The molecular weight excluding hydrogens is 364 g/mol. The highest BCUT2D eigenvalue weighted by Gasteiger charge is 2.78. The molecule has 0 aromatic rings. The van der Waals surface area contributed by atoms with Crippen LogP contribution in [-0.4, -0.2) is 82.9 Å². The molecule has 0 amide bonds. The number of hydrogen-bond donors (Lipinski definition) is 5. The van der Waals surface area contributed by atoms with Crippen molar-refractivity contribution in [3.63, 3.8) is 0 Å². The zero-order valence-corrected chi connectivity index (χ0v) is 13.4. The number of aliphatic hydroxyl groups excluding tert-OH is 1. The molecule has 0 aliphatic heterocycles. The van der Waals surface area contributed by atoms with Crippen LogP contribution in [0.5, 0.6) is 0 Å². The number of carbonyl (C=O) groups excluding carboxylic acids is 5. The van der Waals surface area contributed by atoms with E-state index in [4.69, 9.17) is 17.1 Å². The van der Waals surface area contributed by atoms with E-state index in [2.05, 4.69) is 0 Å². The van der Waals surface area contributed by atoms with Crippen molar-refractivity contribution in [3.05, 3.63) is 0 Å².